The van der Waals surface area contributed by atoms with E-state index in [2.05, 4.69) is 17.1 Å². The maximum Gasteiger partial charge on any atom is 0.289 e. The first-order valence-corrected chi connectivity index (χ1v) is 10.8. The molecule has 2 aromatic heterocycles. The van der Waals surface area contributed by atoms with Crippen LogP contribution in [-0.4, -0.2) is 35.0 Å². The van der Waals surface area contributed by atoms with Crippen molar-refractivity contribution in [3.8, 4) is 0 Å². The molecule has 5 nitrogen and oxygen atoms in total. The van der Waals surface area contributed by atoms with Gasteiger partial charge in [0.15, 0.2) is 5.76 Å². The molecule has 6 heteroatoms. The number of furan rings is 1. The van der Waals surface area contributed by atoms with Crippen molar-refractivity contribution in [3.63, 3.8) is 0 Å². The molecule has 1 fully saturated rings. The second kappa shape index (κ2) is 9.76. The molecular weight excluding hydrogens is 384 g/mol. The molecule has 3 aromatic rings. The molecule has 150 valence electrons. The van der Waals surface area contributed by atoms with Gasteiger partial charge in [-0.1, -0.05) is 24.3 Å². The van der Waals surface area contributed by atoms with Gasteiger partial charge < -0.3 is 14.1 Å². The maximum atomic E-state index is 12.9. The lowest BCUT2D eigenvalue weighted by molar-refractivity contribution is -0.00866. The summed E-state index contributed by atoms with van der Waals surface area (Å²) in [6, 6.07) is 19.6. The van der Waals surface area contributed by atoms with E-state index in [-0.39, 0.29) is 12.0 Å². The summed E-state index contributed by atoms with van der Waals surface area (Å²) < 4.78 is 11.8. The predicted octanol–water partition coefficient (Wildman–Crippen LogP) is 4.79. The smallest absolute Gasteiger partial charge is 0.289 e. The molecule has 1 aliphatic heterocycles. The van der Waals surface area contributed by atoms with E-state index in [0.29, 0.717) is 24.7 Å². The third-order valence-electron chi connectivity index (χ3n) is 4.86. The number of benzene rings is 1. The van der Waals surface area contributed by atoms with Crippen LogP contribution in [0, 0.1) is 0 Å². The Balaban J connectivity index is 1.30. The van der Waals surface area contributed by atoms with Crippen molar-refractivity contribution in [1.82, 2.24) is 9.88 Å². The average Bonchev–Trinajstić information content (AvgIpc) is 3.26. The summed E-state index contributed by atoms with van der Waals surface area (Å²) in [5.74, 6) is 1.85. The number of thioether (sulfide) groups is 1. The van der Waals surface area contributed by atoms with Crippen LogP contribution in [0.25, 0.3) is 0 Å². The fourth-order valence-electron chi connectivity index (χ4n) is 3.34. The van der Waals surface area contributed by atoms with Gasteiger partial charge >= 0.3 is 0 Å². The summed E-state index contributed by atoms with van der Waals surface area (Å²) in [6.45, 7) is 1.78. The number of likely N-dealkylation sites (tertiary alicyclic amines) is 1. The zero-order chi connectivity index (χ0) is 19.9. The number of pyridine rings is 1. The highest BCUT2D eigenvalue weighted by molar-refractivity contribution is 7.98. The van der Waals surface area contributed by atoms with Gasteiger partial charge in [-0.25, -0.2) is 0 Å². The molecule has 1 aliphatic rings. The molecule has 0 N–H and O–H groups in total. The van der Waals surface area contributed by atoms with Gasteiger partial charge in [-0.3, -0.25) is 9.78 Å². The molecule has 1 atom stereocenters. The van der Waals surface area contributed by atoms with E-state index in [1.54, 1.807) is 24.0 Å². The Bertz CT molecular complexity index is 914. The third kappa shape index (κ3) is 5.49. The topological polar surface area (TPSA) is 55.6 Å². The molecule has 0 saturated carbocycles. The zero-order valence-corrected chi connectivity index (χ0v) is 17.0. The van der Waals surface area contributed by atoms with E-state index in [1.807, 2.05) is 47.4 Å². The van der Waals surface area contributed by atoms with Crippen molar-refractivity contribution in [3.05, 3.63) is 84.1 Å². The van der Waals surface area contributed by atoms with Crippen LogP contribution in [-0.2, 0) is 17.1 Å². The molecule has 0 aliphatic carbocycles. The first-order valence-electron chi connectivity index (χ1n) is 9.85. The fourth-order valence-corrected chi connectivity index (χ4v) is 4.16. The van der Waals surface area contributed by atoms with Crippen molar-refractivity contribution in [2.24, 2.45) is 0 Å². The van der Waals surface area contributed by atoms with Gasteiger partial charge in [0.2, 0.25) is 0 Å². The molecule has 1 aromatic carbocycles. The Kier molecular flexibility index (Phi) is 6.64. The lowest BCUT2D eigenvalue weighted by Crippen LogP contribution is -2.43. The van der Waals surface area contributed by atoms with Crippen molar-refractivity contribution in [2.45, 2.75) is 36.2 Å². The standard InChI is InChI=1S/C23H24N2O3S/c26-23(22-12-11-20(28-22)17-29-21-9-2-1-3-10-21)25-14-6-8-19(15-25)27-16-18-7-4-5-13-24-18/h1-5,7,9-13,19H,6,8,14-17H2. The van der Waals surface area contributed by atoms with Gasteiger partial charge in [0.05, 0.1) is 24.2 Å². The highest BCUT2D eigenvalue weighted by Crippen LogP contribution is 2.24. The third-order valence-corrected chi connectivity index (χ3v) is 5.89. The Hall–Kier alpha value is -2.57. The van der Waals surface area contributed by atoms with Gasteiger partial charge in [0.25, 0.3) is 5.91 Å². The van der Waals surface area contributed by atoms with Crippen LogP contribution in [0.2, 0.25) is 0 Å². The normalized spacial score (nSPS) is 16.7. The van der Waals surface area contributed by atoms with E-state index in [9.17, 15) is 4.79 Å². The number of piperidine rings is 1. The van der Waals surface area contributed by atoms with Gasteiger partial charge in [-0.15, -0.1) is 11.8 Å². The summed E-state index contributed by atoms with van der Waals surface area (Å²) in [5, 5.41) is 0. The largest absolute Gasteiger partial charge is 0.455 e. The highest BCUT2D eigenvalue weighted by Gasteiger charge is 2.26. The second-order valence-corrected chi connectivity index (χ2v) is 8.06. The minimum Gasteiger partial charge on any atom is -0.455 e. The Morgan fingerprint density at radius 2 is 2.00 bits per heavy atom. The molecule has 1 saturated heterocycles. The number of nitrogens with zero attached hydrogens (tertiary/aromatic N) is 2. The van der Waals surface area contributed by atoms with Crippen LogP contribution in [0.15, 0.2) is 76.2 Å². The molecular formula is C23H24N2O3S. The number of rotatable bonds is 7. The molecule has 1 amide bonds. The lowest BCUT2D eigenvalue weighted by atomic mass is 10.1. The number of aromatic nitrogens is 1. The number of ether oxygens (including phenoxy) is 1. The monoisotopic (exact) mass is 408 g/mol. The van der Waals surface area contributed by atoms with E-state index < -0.39 is 0 Å². The van der Waals surface area contributed by atoms with Crippen LogP contribution >= 0.6 is 11.8 Å². The number of carbonyl (C=O) groups excluding carboxylic acids is 1. The fraction of sp³-hybridized carbons (Fsp3) is 0.304. The lowest BCUT2D eigenvalue weighted by Gasteiger charge is -2.32. The summed E-state index contributed by atoms with van der Waals surface area (Å²) in [7, 11) is 0. The molecule has 0 radical (unpaired) electrons. The maximum absolute atomic E-state index is 12.9. The molecule has 29 heavy (non-hydrogen) atoms. The van der Waals surface area contributed by atoms with Crippen molar-refractivity contribution < 1.29 is 13.9 Å². The van der Waals surface area contributed by atoms with E-state index >= 15 is 0 Å². The van der Waals surface area contributed by atoms with Gasteiger partial charge in [-0.2, -0.15) is 0 Å². The average molecular weight is 409 g/mol. The minimum absolute atomic E-state index is 0.0257. The molecule has 0 spiro atoms. The zero-order valence-electron chi connectivity index (χ0n) is 16.2. The summed E-state index contributed by atoms with van der Waals surface area (Å²) in [4.78, 5) is 20.2. The highest BCUT2D eigenvalue weighted by atomic mass is 32.2. The van der Waals surface area contributed by atoms with Crippen LogP contribution in [0.1, 0.15) is 34.9 Å². The minimum atomic E-state index is -0.0629. The summed E-state index contributed by atoms with van der Waals surface area (Å²) in [5.41, 5.74) is 0.905. The molecule has 1 unspecified atom stereocenters. The van der Waals surface area contributed by atoms with Gasteiger partial charge in [0, 0.05) is 24.2 Å². The Morgan fingerprint density at radius 1 is 1.14 bits per heavy atom. The van der Waals surface area contributed by atoms with Crippen LogP contribution in [0.3, 0.4) is 0 Å². The number of hydrogen-bond donors (Lipinski definition) is 0. The van der Waals surface area contributed by atoms with E-state index in [1.165, 1.54) is 4.90 Å². The van der Waals surface area contributed by atoms with Gasteiger partial charge in [0.1, 0.15) is 5.76 Å². The number of hydrogen-bond acceptors (Lipinski definition) is 5. The molecule has 3 heterocycles. The Morgan fingerprint density at radius 3 is 2.83 bits per heavy atom. The van der Waals surface area contributed by atoms with Crippen molar-refractivity contribution >= 4 is 17.7 Å². The summed E-state index contributed by atoms with van der Waals surface area (Å²) in [6.07, 6.45) is 3.67. The van der Waals surface area contributed by atoms with Gasteiger partial charge in [-0.05, 0) is 49.2 Å². The second-order valence-electron chi connectivity index (χ2n) is 7.02. The molecule has 4 rings (SSSR count). The Labute approximate surface area is 175 Å². The van der Waals surface area contributed by atoms with Crippen LogP contribution in [0.4, 0.5) is 0 Å². The first kappa shape index (κ1) is 19.7. The van der Waals surface area contributed by atoms with E-state index in [4.69, 9.17) is 9.15 Å². The van der Waals surface area contributed by atoms with Crippen LogP contribution in [0.5, 0.6) is 0 Å². The number of amides is 1. The van der Waals surface area contributed by atoms with Crippen LogP contribution < -0.4 is 0 Å². The summed E-state index contributed by atoms with van der Waals surface area (Å²) >= 11 is 1.69. The van der Waals surface area contributed by atoms with Crippen molar-refractivity contribution in [1.29, 1.82) is 0 Å². The SMILES string of the molecule is O=C(c1ccc(CSc2ccccc2)o1)N1CCCC(OCc2ccccn2)C1. The van der Waals surface area contributed by atoms with Crippen molar-refractivity contribution in [2.75, 3.05) is 13.1 Å². The van der Waals surface area contributed by atoms with E-state index in [0.717, 1.165) is 30.8 Å². The molecule has 0 bridgehead atoms. The quantitative estimate of drug-likeness (QED) is 0.526. The predicted molar refractivity (Wildman–Crippen MR) is 113 cm³/mol. The first-order chi connectivity index (χ1) is 14.3. The number of carbonyl (C=O) groups is 1.